The Kier molecular flexibility index (Phi) is 7.16. The molecule has 0 fully saturated rings. The number of nitrogens with zero attached hydrogens (tertiary/aromatic N) is 1. The van der Waals surface area contributed by atoms with Gasteiger partial charge < -0.3 is 9.84 Å². The van der Waals surface area contributed by atoms with E-state index in [1.165, 1.54) is 4.90 Å². The maximum absolute atomic E-state index is 12.9. The molecule has 0 atom stereocenters. The molecule has 4 aromatic rings. The monoisotopic (exact) mass is 449 g/mol. The second-order valence-corrected chi connectivity index (χ2v) is 7.46. The minimum atomic E-state index is -0.968. The van der Waals surface area contributed by atoms with Crippen molar-refractivity contribution < 1.29 is 19.4 Å². The molecule has 0 spiro atoms. The minimum absolute atomic E-state index is 0.0882. The van der Waals surface area contributed by atoms with Gasteiger partial charge in [0.25, 0.3) is 0 Å². The number of ether oxygens (including phenoxy) is 1. The van der Waals surface area contributed by atoms with Crippen molar-refractivity contribution >= 4 is 29.5 Å². The second kappa shape index (κ2) is 10.8. The van der Waals surface area contributed by atoms with Crippen LogP contribution in [0.3, 0.4) is 0 Å². The predicted octanol–water partition coefficient (Wildman–Crippen LogP) is 7.04. The standard InChI is InChI=1S/C29H23NO4/c31-28(32)27-19-8-7-18-26(27)23-13-9-11-22(21-23)12-10-20-34-29(33)30(24-14-3-1-4-15-24)25-16-5-2-6-17-25/h1-19,21H,20H2,(H,31,32)/b12-10-. The summed E-state index contributed by atoms with van der Waals surface area (Å²) < 4.78 is 5.52. The van der Waals surface area contributed by atoms with Crippen LogP contribution >= 0.6 is 0 Å². The van der Waals surface area contributed by atoms with Crippen molar-refractivity contribution in [1.29, 1.82) is 0 Å². The first kappa shape index (κ1) is 22.6. The van der Waals surface area contributed by atoms with E-state index in [1.807, 2.05) is 97.1 Å². The number of hydrogen-bond donors (Lipinski definition) is 1. The lowest BCUT2D eigenvalue weighted by atomic mass is 9.98. The molecule has 0 aliphatic heterocycles. The average molecular weight is 450 g/mol. The minimum Gasteiger partial charge on any atom is -0.478 e. The highest BCUT2D eigenvalue weighted by molar-refractivity contribution is 5.96. The Hall–Kier alpha value is -4.64. The van der Waals surface area contributed by atoms with Gasteiger partial charge in [-0.25, -0.2) is 14.5 Å². The van der Waals surface area contributed by atoms with Gasteiger partial charge in [0.1, 0.15) is 6.61 Å². The summed E-state index contributed by atoms with van der Waals surface area (Å²) in [5.74, 6) is -0.968. The molecule has 1 N–H and O–H groups in total. The number of amides is 1. The molecule has 0 saturated heterocycles. The Labute approximate surface area is 198 Å². The zero-order chi connectivity index (χ0) is 23.8. The molecule has 4 aromatic carbocycles. The van der Waals surface area contributed by atoms with E-state index in [-0.39, 0.29) is 12.2 Å². The summed E-state index contributed by atoms with van der Waals surface area (Å²) in [4.78, 5) is 26.0. The number of carbonyl (C=O) groups excluding carboxylic acids is 1. The van der Waals surface area contributed by atoms with Crippen LogP contribution in [0.5, 0.6) is 0 Å². The number of rotatable bonds is 7. The van der Waals surface area contributed by atoms with E-state index in [0.717, 1.165) is 11.1 Å². The van der Waals surface area contributed by atoms with Crippen LogP contribution in [0.2, 0.25) is 0 Å². The number of carboxylic acids is 1. The number of carboxylic acid groups (broad SMARTS) is 1. The third-order valence-corrected chi connectivity index (χ3v) is 5.18. The van der Waals surface area contributed by atoms with Crippen molar-refractivity contribution in [2.75, 3.05) is 11.5 Å². The van der Waals surface area contributed by atoms with Gasteiger partial charge in [0.05, 0.1) is 16.9 Å². The lowest BCUT2D eigenvalue weighted by molar-refractivity contribution is 0.0697. The molecule has 0 aliphatic rings. The number of hydrogen-bond acceptors (Lipinski definition) is 3. The van der Waals surface area contributed by atoms with E-state index < -0.39 is 12.1 Å². The van der Waals surface area contributed by atoms with Crippen molar-refractivity contribution in [2.24, 2.45) is 0 Å². The van der Waals surface area contributed by atoms with Crippen LogP contribution < -0.4 is 4.90 Å². The van der Waals surface area contributed by atoms with E-state index in [0.29, 0.717) is 16.9 Å². The Morgan fingerprint density at radius 3 is 2.03 bits per heavy atom. The summed E-state index contributed by atoms with van der Waals surface area (Å²) in [6.07, 6.45) is 3.12. The van der Waals surface area contributed by atoms with Gasteiger partial charge in [-0.1, -0.05) is 78.9 Å². The summed E-state index contributed by atoms with van der Waals surface area (Å²) in [7, 11) is 0. The van der Waals surface area contributed by atoms with Crippen LogP contribution in [0.25, 0.3) is 17.2 Å². The van der Waals surface area contributed by atoms with E-state index in [2.05, 4.69) is 0 Å². The number of benzene rings is 4. The van der Waals surface area contributed by atoms with Crippen LogP contribution in [-0.4, -0.2) is 23.8 Å². The number of anilines is 2. The molecule has 0 bridgehead atoms. The van der Waals surface area contributed by atoms with Gasteiger partial charge in [-0.3, -0.25) is 0 Å². The molecular weight excluding hydrogens is 426 g/mol. The van der Waals surface area contributed by atoms with E-state index in [4.69, 9.17) is 4.74 Å². The fraction of sp³-hybridized carbons (Fsp3) is 0.0345. The van der Waals surface area contributed by atoms with E-state index in [9.17, 15) is 14.7 Å². The summed E-state index contributed by atoms with van der Waals surface area (Å²) in [5.41, 5.74) is 4.01. The van der Waals surface area contributed by atoms with Gasteiger partial charge in [0, 0.05) is 0 Å². The summed E-state index contributed by atoms with van der Waals surface area (Å²) in [6.45, 7) is 0.0882. The van der Waals surface area contributed by atoms with Crippen LogP contribution in [0.15, 0.2) is 115 Å². The third-order valence-electron chi connectivity index (χ3n) is 5.18. The average Bonchev–Trinajstić information content (AvgIpc) is 2.88. The van der Waals surface area contributed by atoms with Crippen LogP contribution in [0.1, 0.15) is 15.9 Å². The number of aromatic carboxylic acids is 1. The zero-order valence-electron chi connectivity index (χ0n) is 18.4. The Morgan fingerprint density at radius 1 is 0.765 bits per heavy atom. The van der Waals surface area contributed by atoms with Crippen LogP contribution in [0.4, 0.5) is 16.2 Å². The molecule has 0 saturated carbocycles. The molecular formula is C29H23NO4. The summed E-state index contributed by atoms with van der Waals surface area (Å²) >= 11 is 0. The van der Waals surface area contributed by atoms with Crippen molar-refractivity contribution in [3.8, 4) is 11.1 Å². The van der Waals surface area contributed by atoms with Gasteiger partial charge in [-0.05, 0) is 59.2 Å². The van der Waals surface area contributed by atoms with Crippen molar-refractivity contribution in [3.05, 3.63) is 126 Å². The second-order valence-electron chi connectivity index (χ2n) is 7.46. The predicted molar refractivity (Wildman–Crippen MR) is 134 cm³/mol. The molecule has 0 unspecified atom stereocenters. The molecule has 0 aliphatic carbocycles. The molecule has 4 rings (SSSR count). The first-order valence-corrected chi connectivity index (χ1v) is 10.8. The summed E-state index contributed by atoms with van der Waals surface area (Å²) in [6, 6.07) is 33.1. The molecule has 34 heavy (non-hydrogen) atoms. The smallest absolute Gasteiger partial charge is 0.419 e. The highest BCUT2D eigenvalue weighted by Crippen LogP contribution is 2.27. The molecule has 0 radical (unpaired) electrons. The normalized spacial score (nSPS) is 10.7. The third kappa shape index (κ3) is 5.40. The first-order valence-electron chi connectivity index (χ1n) is 10.8. The van der Waals surface area contributed by atoms with Crippen LogP contribution in [0, 0.1) is 0 Å². The summed E-state index contributed by atoms with van der Waals surface area (Å²) in [5, 5.41) is 9.46. The number of carbonyl (C=O) groups is 2. The molecule has 0 heterocycles. The quantitative estimate of drug-likeness (QED) is 0.329. The van der Waals surface area contributed by atoms with Gasteiger partial charge in [0.2, 0.25) is 0 Å². The van der Waals surface area contributed by atoms with E-state index in [1.54, 1.807) is 24.3 Å². The Bertz CT molecular complexity index is 1260. The fourth-order valence-electron chi connectivity index (χ4n) is 3.61. The Morgan fingerprint density at radius 2 is 1.38 bits per heavy atom. The SMILES string of the molecule is O=C(O)c1ccccc1-c1cccc(/C=C\COC(=O)N(c2ccccc2)c2ccccc2)c1. The highest BCUT2D eigenvalue weighted by atomic mass is 16.6. The molecule has 168 valence electrons. The zero-order valence-corrected chi connectivity index (χ0v) is 18.4. The molecule has 5 nitrogen and oxygen atoms in total. The van der Waals surface area contributed by atoms with Crippen molar-refractivity contribution in [1.82, 2.24) is 0 Å². The van der Waals surface area contributed by atoms with Gasteiger partial charge >= 0.3 is 12.1 Å². The van der Waals surface area contributed by atoms with Crippen molar-refractivity contribution in [2.45, 2.75) is 0 Å². The molecule has 5 heteroatoms. The molecule has 1 amide bonds. The fourth-order valence-corrected chi connectivity index (χ4v) is 3.61. The largest absolute Gasteiger partial charge is 0.478 e. The maximum atomic E-state index is 12.9. The highest BCUT2D eigenvalue weighted by Gasteiger charge is 2.18. The lowest BCUT2D eigenvalue weighted by Crippen LogP contribution is -2.26. The topological polar surface area (TPSA) is 66.8 Å². The maximum Gasteiger partial charge on any atom is 0.419 e. The lowest BCUT2D eigenvalue weighted by Gasteiger charge is -2.22. The van der Waals surface area contributed by atoms with E-state index >= 15 is 0 Å². The van der Waals surface area contributed by atoms with Gasteiger partial charge in [-0.2, -0.15) is 0 Å². The van der Waals surface area contributed by atoms with Crippen molar-refractivity contribution in [3.63, 3.8) is 0 Å². The Balaban J connectivity index is 1.47. The van der Waals surface area contributed by atoms with Gasteiger partial charge in [-0.15, -0.1) is 0 Å². The van der Waals surface area contributed by atoms with Crippen LogP contribution in [-0.2, 0) is 4.74 Å². The molecule has 0 aromatic heterocycles. The number of para-hydroxylation sites is 2. The van der Waals surface area contributed by atoms with Gasteiger partial charge in [0.15, 0.2) is 0 Å². The first-order chi connectivity index (χ1) is 16.6.